The molecule has 2 N–H and O–H groups in total. The molecule has 0 radical (unpaired) electrons. The zero-order valence-corrected chi connectivity index (χ0v) is 13.0. The van der Waals surface area contributed by atoms with Gasteiger partial charge in [0.25, 0.3) is 0 Å². The van der Waals surface area contributed by atoms with Crippen LogP contribution in [0.3, 0.4) is 0 Å². The molecule has 1 aliphatic rings. The predicted molar refractivity (Wildman–Crippen MR) is 84.1 cm³/mol. The van der Waals surface area contributed by atoms with Crippen LogP contribution in [-0.2, 0) is 9.59 Å². The van der Waals surface area contributed by atoms with Gasteiger partial charge in [-0.2, -0.15) is 0 Å². The molecule has 0 spiro atoms. The van der Waals surface area contributed by atoms with Crippen LogP contribution in [0.4, 0.5) is 5.69 Å². The van der Waals surface area contributed by atoms with Gasteiger partial charge in [-0.3, -0.25) is 9.59 Å². The van der Waals surface area contributed by atoms with Crippen molar-refractivity contribution >= 4 is 17.5 Å². The number of amides is 2. The Hall–Kier alpha value is -1.84. The Kier molecular flexibility index (Phi) is 4.99. The highest BCUT2D eigenvalue weighted by Crippen LogP contribution is 2.23. The van der Waals surface area contributed by atoms with Crippen molar-refractivity contribution in [1.82, 2.24) is 5.32 Å². The zero-order chi connectivity index (χ0) is 15.4. The molecule has 2 rings (SSSR count). The topological polar surface area (TPSA) is 58.2 Å². The normalized spacial score (nSPS) is 21.7. The molecule has 21 heavy (non-hydrogen) atoms. The molecule has 2 amide bonds. The molecule has 0 aromatic heterocycles. The summed E-state index contributed by atoms with van der Waals surface area (Å²) in [7, 11) is 0. The molecule has 4 nitrogen and oxygen atoms in total. The predicted octanol–water partition coefficient (Wildman–Crippen LogP) is 2.94. The summed E-state index contributed by atoms with van der Waals surface area (Å²) in [6.45, 7) is 6.06. The first-order valence-corrected chi connectivity index (χ1v) is 7.66. The number of benzene rings is 1. The summed E-state index contributed by atoms with van der Waals surface area (Å²) in [6, 6.07) is 5.87. The van der Waals surface area contributed by atoms with Crippen molar-refractivity contribution in [2.75, 3.05) is 5.32 Å². The number of nitrogens with one attached hydrogen (secondary N) is 2. The molecule has 0 bridgehead atoms. The van der Waals surface area contributed by atoms with Crippen LogP contribution in [0.5, 0.6) is 0 Å². The van der Waals surface area contributed by atoms with E-state index in [1.165, 1.54) is 6.42 Å². The van der Waals surface area contributed by atoms with Crippen molar-refractivity contribution in [2.45, 2.75) is 52.5 Å². The first kappa shape index (κ1) is 15.5. The second kappa shape index (κ2) is 6.74. The van der Waals surface area contributed by atoms with E-state index < -0.39 is 11.8 Å². The van der Waals surface area contributed by atoms with E-state index in [0.29, 0.717) is 11.6 Å². The first-order chi connectivity index (χ1) is 9.95. The van der Waals surface area contributed by atoms with Gasteiger partial charge in [0.05, 0.1) is 0 Å². The third kappa shape index (κ3) is 4.31. The number of rotatable bonds is 2. The molecular formula is C17H24N2O2. The Morgan fingerprint density at radius 1 is 1.00 bits per heavy atom. The Morgan fingerprint density at radius 3 is 2.24 bits per heavy atom. The van der Waals surface area contributed by atoms with E-state index in [9.17, 15) is 9.59 Å². The number of anilines is 1. The van der Waals surface area contributed by atoms with Crippen LogP contribution < -0.4 is 10.6 Å². The van der Waals surface area contributed by atoms with Crippen LogP contribution in [0.2, 0.25) is 0 Å². The van der Waals surface area contributed by atoms with Crippen molar-refractivity contribution in [3.8, 4) is 0 Å². The van der Waals surface area contributed by atoms with Crippen LogP contribution in [0.15, 0.2) is 18.2 Å². The summed E-state index contributed by atoms with van der Waals surface area (Å²) in [5, 5.41) is 5.54. The van der Waals surface area contributed by atoms with Gasteiger partial charge in [-0.1, -0.05) is 25.8 Å². The second-order valence-electron chi connectivity index (χ2n) is 6.17. The summed E-state index contributed by atoms with van der Waals surface area (Å²) in [5.41, 5.74) is 2.79. The van der Waals surface area contributed by atoms with Gasteiger partial charge in [0.1, 0.15) is 0 Å². The van der Waals surface area contributed by atoms with Crippen molar-refractivity contribution in [3.05, 3.63) is 29.3 Å². The van der Waals surface area contributed by atoms with Crippen molar-refractivity contribution in [3.63, 3.8) is 0 Å². The fourth-order valence-corrected chi connectivity index (χ4v) is 3.00. The lowest BCUT2D eigenvalue weighted by Gasteiger charge is -2.29. The van der Waals surface area contributed by atoms with E-state index in [4.69, 9.17) is 0 Å². The monoisotopic (exact) mass is 288 g/mol. The molecule has 0 aliphatic heterocycles. The Bertz CT molecular complexity index is 519. The summed E-state index contributed by atoms with van der Waals surface area (Å²) >= 11 is 0. The van der Waals surface area contributed by atoms with E-state index in [1.54, 1.807) is 0 Å². The summed E-state index contributed by atoms with van der Waals surface area (Å²) in [5.74, 6) is -0.678. The molecular weight excluding hydrogens is 264 g/mol. The minimum absolute atomic E-state index is 0.122. The summed E-state index contributed by atoms with van der Waals surface area (Å²) < 4.78 is 0. The van der Waals surface area contributed by atoms with Gasteiger partial charge in [-0.25, -0.2) is 0 Å². The minimum atomic E-state index is -0.585. The third-order valence-electron chi connectivity index (χ3n) is 4.11. The Labute approximate surface area is 126 Å². The number of hydrogen-bond acceptors (Lipinski definition) is 2. The van der Waals surface area contributed by atoms with Crippen LogP contribution in [0.25, 0.3) is 0 Å². The molecule has 1 aromatic carbocycles. The van der Waals surface area contributed by atoms with Crippen LogP contribution in [0.1, 0.15) is 43.7 Å². The van der Waals surface area contributed by atoms with Gasteiger partial charge in [0.15, 0.2) is 0 Å². The molecule has 2 atom stereocenters. The Morgan fingerprint density at radius 2 is 1.62 bits per heavy atom. The van der Waals surface area contributed by atoms with Crippen molar-refractivity contribution in [1.29, 1.82) is 0 Å². The van der Waals surface area contributed by atoms with Crippen LogP contribution in [-0.4, -0.2) is 17.9 Å². The van der Waals surface area contributed by atoms with Crippen LogP contribution in [0, 0.1) is 19.8 Å². The highest BCUT2D eigenvalue weighted by molar-refractivity contribution is 6.39. The highest BCUT2D eigenvalue weighted by atomic mass is 16.2. The van der Waals surface area contributed by atoms with Crippen molar-refractivity contribution < 1.29 is 9.59 Å². The zero-order valence-electron chi connectivity index (χ0n) is 13.0. The molecule has 0 unspecified atom stereocenters. The average Bonchev–Trinajstić information content (AvgIpc) is 2.40. The van der Waals surface area contributed by atoms with Gasteiger partial charge in [0.2, 0.25) is 0 Å². The maximum Gasteiger partial charge on any atom is 0.313 e. The molecule has 1 fully saturated rings. The van der Waals surface area contributed by atoms with Gasteiger partial charge in [-0.15, -0.1) is 0 Å². The second-order valence-corrected chi connectivity index (χ2v) is 6.17. The van der Waals surface area contributed by atoms with Crippen molar-refractivity contribution in [2.24, 2.45) is 5.92 Å². The van der Waals surface area contributed by atoms with E-state index in [2.05, 4.69) is 17.6 Å². The van der Waals surface area contributed by atoms with E-state index in [-0.39, 0.29) is 6.04 Å². The lowest BCUT2D eigenvalue weighted by molar-refractivity contribution is -0.137. The standard InChI is InChI=1S/C17H24N2O2/c1-11-8-12(2)10-14(9-11)18-16(20)17(21)19-15-7-5-4-6-13(15)3/h8-10,13,15H,4-7H2,1-3H3,(H,18,20)(H,19,21)/t13-,15+/m1/s1. The molecule has 4 heteroatoms. The van der Waals surface area contributed by atoms with E-state index in [1.807, 2.05) is 32.0 Å². The van der Waals surface area contributed by atoms with Gasteiger partial charge < -0.3 is 10.6 Å². The maximum atomic E-state index is 12.0. The largest absolute Gasteiger partial charge is 0.345 e. The maximum absolute atomic E-state index is 12.0. The van der Waals surface area contributed by atoms with Gasteiger partial charge in [0, 0.05) is 11.7 Å². The minimum Gasteiger partial charge on any atom is -0.345 e. The fourth-order valence-electron chi connectivity index (χ4n) is 3.00. The van der Waals surface area contributed by atoms with Gasteiger partial charge in [-0.05, 0) is 55.9 Å². The molecule has 114 valence electrons. The number of hydrogen-bond donors (Lipinski definition) is 2. The number of aryl methyl sites for hydroxylation is 2. The number of carbonyl (C=O) groups excluding carboxylic acids is 2. The first-order valence-electron chi connectivity index (χ1n) is 7.66. The Balaban J connectivity index is 1.94. The lowest BCUT2D eigenvalue weighted by Crippen LogP contribution is -2.45. The molecule has 1 aromatic rings. The third-order valence-corrected chi connectivity index (χ3v) is 4.11. The highest BCUT2D eigenvalue weighted by Gasteiger charge is 2.25. The van der Waals surface area contributed by atoms with Gasteiger partial charge >= 0.3 is 11.8 Å². The number of carbonyl (C=O) groups is 2. The molecule has 0 saturated heterocycles. The van der Waals surface area contributed by atoms with Crippen LogP contribution >= 0.6 is 0 Å². The average molecular weight is 288 g/mol. The van der Waals surface area contributed by atoms with E-state index in [0.717, 1.165) is 30.4 Å². The summed E-state index contributed by atoms with van der Waals surface area (Å²) in [6.07, 6.45) is 4.41. The fraction of sp³-hybridized carbons (Fsp3) is 0.529. The molecule has 1 aliphatic carbocycles. The SMILES string of the molecule is Cc1cc(C)cc(NC(=O)C(=O)N[C@H]2CCCC[C@H]2C)c1. The van der Waals surface area contributed by atoms with E-state index >= 15 is 0 Å². The molecule has 1 saturated carbocycles. The quantitative estimate of drug-likeness (QED) is 0.822. The summed E-state index contributed by atoms with van der Waals surface area (Å²) in [4.78, 5) is 24.0. The lowest BCUT2D eigenvalue weighted by atomic mass is 9.86. The molecule has 0 heterocycles. The smallest absolute Gasteiger partial charge is 0.313 e.